The highest BCUT2D eigenvalue weighted by atomic mass is 35.5. The number of ether oxygens (including phenoxy) is 3. The van der Waals surface area contributed by atoms with Crippen molar-refractivity contribution in [1.29, 1.82) is 0 Å². The van der Waals surface area contributed by atoms with Gasteiger partial charge in [0.25, 0.3) is 6.02 Å². The van der Waals surface area contributed by atoms with Crippen LogP contribution in [0.4, 0.5) is 0 Å². The lowest BCUT2D eigenvalue weighted by Gasteiger charge is -2.48. The van der Waals surface area contributed by atoms with Crippen LogP contribution >= 0.6 is 11.6 Å². The number of benzene rings is 1. The Kier molecular flexibility index (Phi) is 4.62. The van der Waals surface area contributed by atoms with Crippen molar-refractivity contribution in [3.63, 3.8) is 0 Å². The molecule has 2 saturated carbocycles. The van der Waals surface area contributed by atoms with E-state index in [4.69, 9.17) is 36.5 Å². The molecule has 2 fully saturated rings. The quantitative estimate of drug-likeness (QED) is 0.768. The van der Waals surface area contributed by atoms with Crippen molar-refractivity contribution in [2.24, 2.45) is 22.6 Å². The number of halogens is 1. The first-order valence-electron chi connectivity index (χ1n) is 11.1. The van der Waals surface area contributed by atoms with Gasteiger partial charge in [0.2, 0.25) is 0 Å². The van der Waals surface area contributed by atoms with Gasteiger partial charge in [-0.1, -0.05) is 17.7 Å². The minimum absolute atomic E-state index is 0.0882. The molecule has 2 aliphatic heterocycles. The fourth-order valence-corrected chi connectivity index (χ4v) is 5.49. The first-order chi connectivity index (χ1) is 15.1. The molecule has 162 valence electrons. The molecule has 2 aliphatic carbocycles. The van der Waals surface area contributed by atoms with Gasteiger partial charge >= 0.3 is 0 Å². The first kappa shape index (κ1) is 19.4. The average Bonchev–Trinajstić information content (AvgIpc) is 3.53. The largest absolute Gasteiger partial charge is 0.490 e. The van der Waals surface area contributed by atoms with Crippen molar-refractivity contribution in [2.45, 2.75) is 49.9 Å². The van der Waals surface area contributed by atoms with E-state index in [1.54, 1.807) is 6.20 Å². The summed E-state index contributed by atoms with van der Waals surface area (Å²) in [5, 5.41) is 0.607. The Morgan fingerprint density at radius 3 is 2.81 bits per heavy atom. The van der Waals surface area contributed by atoms with E-state index in [2.05, 4.69) is 11.1 Å². The van der Waals surface area contributed by atoms with Gasteiger partial charge in [0.1, 0.15) is 24.0 Å². The molecular weight excluding hydrogens is 414 g/mol. The van der Waals surface area contributed by atoms with Gasteiger partial charge in [0, 0.05) is 36.0 Å². The van der Waals surface area contributed by atoms with Gasteiger partial charge in [0.15, 0.2) is 0 Å². The van der Waals surface area contributed by atoms with E-state index in [1.807, 2.05) is 24.4 Å². The number of fused-ring (bicyclic) bond motifs is 4. The maximum absolute atomic E-state index is 6.50. The number of hydrogen-bond donors (Lipinski definition) is 1. The number of amidine groups is 1. The molecule has 0 bridgehead atoms. The molecule has 1 aromatic heterocycles. The van der Waals surface area contributed by atoms with Crippen LogP contribution in [0.2, 0.25) is 5.02 Å². The van der Waals surface area contributed by atoms with Gasteiger partial charge < -0.3 is 19.9 Å². The normalized spacial score (nSPS) is 31.4. The zero-order valence-corrected chi connectivity index (χ0v) is 18.1. The molecule has 1 spiro atoms. The maximum Gasteiger partial charge on any atom is 0.283 e. The van der Waals surface area contributed by atoms with Crippen molar-refractivity contribution < 1.29 is 14.2 Å². The number of rotatable bonds is 4. The van der Waals surface area contributed by atoms with E-state index in [-0.39, 0.29) is 24.1 Å². The molecule has 1 aromatic carbocycles. The summed E-state index contributed by atoms with van der Waals surface area (Å²) in [6, 6.07) is 8.39. The molecule has 6 rings (SSSR count). The number of pyridine rings is 1. The lowest BCUT2D eigenvalue weighted by molar-refractivity contribution is -0.0643. The van der Waals surface area contributed by atoms with Crippen molar-refractivity contribution in [3.8, 4) is 16.9 Å². The van der Waals surface area contributed by atoms with Crippen LogP contribution in [0.3, 0.4) is 0 Å². The number of nitrogens with zero attached hydrogens (tertiary/aromatic N) is 2. The molecule has 0 amide bonds. The highest BCUT2D eigenvalue weighted by molar-refractivity contribution is 6.30. The molecular formula is C24H26ClN3O3. The van der Waals surface area contributed by atoms with Crippen LogP contribution in [0.25, 0.3) is 11.1 Å². The summed E-state index contributed by atoms with van der Waals surface area (Å²) >= 11 is 6.18. The van der Waals surface area contributed by atoms with E-state index >= 15 is 0 Å². The molecule has 4 aliphatic rings. The number of nitrogens with two attached hydrogens (primary N) is 1. The van der Waals surface area contributed by atoms with Crippen molar-refractivity contribution in [1.82, 2.24) is 4.98 Å². The van der Waals surface area contributed by atoms with Crippen LogP contribution in [-0.4, -0.2) is 36.4 Å². The Hall–Kier alpha value is -2.31. The van der Waals surface area contributed by atoms with Crippen LogP contribution in [-0.2, 0) is 15.0 Å². The van der Waals surface area contributed by atoms with E-state index < -0.39 is 5.54 Å². The summed E-state index contributed by atoms with van der Waals surface area (Å²) < 4.78 is 18.5. The maximum atomic E-state index is 6.50. The molecule has 2 aromatic rings. The minimum Gasteiger partial charge on any atom is -0.490 e. The second kappa shape index (κ2) is 7.38. The van der Waals surface area contributed by atoms with Gasteiger partial charge in [-0.25, -0.2) is 4.99 Å². The summed E-state index contributed by atoms with van der Waals surface area (Å²) in [4.78, 5) is 9.13. The molecule has 4 atom stereocenters. The van der Waals surface area contributed by atoms with Crippen LogP contribution < -0.4 is 10.5 Å². The predicted octanol–water partition coefficient (Wildman–Crippen LogP) is 4.30. The summed E-state index contributed by atoms with van der Waals surface area (Å²) in [6.07, 6.45) is 9.26. The highest BCUT2D eigenvalue weighted by Gasteiger charge is 2.55. The molecule has 7 heteroatoms. The summed E-state index contributed by atoms with van der Waals surface area (Å²) in [6.45, 7) is 1.31. The third-order valence-corrected chi connectivity index (χ3v) is 7.34. The van der Waals surface area contributed by atoms with E-state index in [1.165, 1.54) is 12.8 Å². The standard InChI is InChI=1S/C24H26ClN3O3/c25-17-7-16(10-27-11-17)15-3-5-21-19(8-15)24(13-30-23(26)28-24)20-9-18(4-6-22(20)31-21)29-12-14-1-2-14/h3,5,7-8,10-11,14,18,20,22H,1-2,4,6,9,12-13H2,(H2,26,28)/t18?,20-,22?,24+/m0/s1. The summed E-state index contributed by atoms with van der Waals surface area (Å²) in [5.74, 6) is 1.78. The van der Waals surface area contributed by atoms with Crippen molar-refractivity contribution >= 4 is 17.6 Å². The van der Waals surface area contributed by atoms with Gasteiger partial charge in [0.05, 0.1) is 11.1 Å². The lowest BCUT2D eigenvalue weighted by atomic mass is 9.67. The summed E-state index contributed by atoms with van der Waals surface area (Å²) in [5.41, 5.74) is 8.51. The molecule has 2 unspecified atom stereocenters. The third kappa shape index (κ3) is 3.46. The van der Waals surface area contributed by atoms with Gasteiger partial charge in [-0.3, -0.25) is 4.98 Å². The van der Waals surface area contributed by atoms with E-state index in [0.717, 1.165) is 54.2 Å². The second-order valence-corrected chi connectivity index (χ2v) is 9.68. The fourth-order valence-electron chi connectivity index (χ4n) is 5.31. The number of hydrogen-bond acceptors (Lipinski definition) is 6. The summed E-state index contributed by atoms with van der Waals surface area (Å²) in [7, 11) is 0. The number of aromatic nitrogens is 1. The first-order valence-corrected chi connectivity index (χ1v) is 11.5. The third-order valence-electron chi connectivity index (χ3n) is 7.13. The highest BCUT2D eigenvalue weighted by Crippen LogP contribution is 2.53. The monoisotopic (exact) mass is 439 g/mol. The van der Waals surface area contributed by atoms with Crippen LogP contribution in [0.15, 0.2) is 41.7 Å². The van der Waals surface area contributed by atoms with Crippen LogP contribution in [0, 0.1) is 11.8 Å². The Labute approximate surface area is 186 Å². The number of aliphatic imine (C=N–C) groups is 1. The zero-order valence-electron chi connectivity index (χ0n) is 17.3. The average molecular weight is 440 g/mol. The molecule has 3 heterocycles. The van der Waals surface area contributed by atoms with Crippen molar-refractivity contribution in [2.75, 3.05) is 13.2 Å². The van der Waals surface area contributed by atoms with E-state index in [0.29, 0.717) is 11.6 Å². The fraction of sp³-hybridized carbons (Fsp3) is 0.500. The van der Waals surface area contributed by atoms with Gasteiger partial charge in [-0.05, 0) is 61.8 Å². The molecule has 0 radical (unpaired) electrons. The van der Waals surface area contributed by atoms with Crippen LogP contribution in [0.1, 0.15) is 37.7 Å². The predicted molar refractivity (Wildman–Crippen MR) is 118 cm³/mol. The van der Waals surface area contributed by atoms with Crippen molar-refractivity contribution in [3.05, 3.63) is 47.2 Å². The van der Waals surface area contributed by atoms with Gasteiger partial charge in [-0.2, -0.15) is 0 Å². The Bertz CT molecular complexity index is 1040. The Morgan fingerprint density at radius 1 is 1.13 bits per heavy atom. The molecule has 2 N–H and O–H groups in total. The Morgan fingerprint density at radius 2 is 2.03 bits per heavy atom. The second-order valence-electron chi connectivity index (χ2n) is 9.24. The Balaban J connectivity index is 1.38. The topological polar surface area (TPSA) is 79.0 Å². The molecule has 31 heavy (non-hydrogen) atoms. The molecule has 0 saturated heterocycles. The minimum atomic E-state index is -0.550. The molecule has 6 nitrogen and oxygen atoms in total. The van der Waals surface area contributed by atoms with Gasteiger partial charge in [-0.15, -0.1) is 0 Å². The zero-order chi connectivity index (χ0) is 21.0. The SMILES string of the molecule is NC1=N[C@]2(CO1)c1cc(-c3cncc(Cl)c3)ccc1OC1CCC(OCC3CC3)C[C@@H]12. The smallest absolute Gasteiger partial charge is 0.283 e. The van der Waals surface area contributed by atoms with E-state index in [9.17, 15) is 0 Å². The lowest BCUT2D eigenvalue weighted by Crippen LogP contribution is -2.52. The van der Waals surface area contributed by atoms with Crippen LogP contribution in [0.5, 0.6) is 5.75 Å².